The molecule has 0 aliphatic rings. The Kier molecular flexibility index (Phi) is 7.17. The Balaban J connectivity index is 2.75. The summed E-state index contributed by atoms with van der Waals surface area (Å²) >= 11 is 0. The van der Waals surface area contributed by atoms with E-state index in [-0.39, 0.29) is 22.9 Å². The highest BCUT2D eigenvalue weighted by molar-refractivity contribution is 5.95. The first-order chi connectivity index (χ1) is 10.1. The molecule has 0 aromatic heterocycles. The number of ether oxygens (including phenoxy) is 1. The second-order valence-electron chi connectivity index (χ2n) is 4.40. The van der Waals surface area contributed by atoms with Crippen LogP contribution < -0.4 is 15.4 Å². The third-order valence-electron chi connectivity index (χ3n) is 2.72. The second kappa shape index (κ2) is 8.91. The summed E-state index contributed by atoms with van der Waals surface area (Å²) in [6.07, 6.45) is 1.02. The van der Waals surface area contributed by atoms with Gasteiger partial charge in [-0.1, -0.05) is 6.92 Å². The van der Waals surface area contributed by atoms with Gasteiger partial charge in [-0.15, -0.1) is 0 Å². The standard InChI is InChI=1S/C14H21N3O4/c1-3-7-15-8-9-21-13-6-5-11(14(18)16-4-2)10-12(13)17(19)20/h5-6,10,15H,3-4,7-9H2,1-2H3,(H,16,18). The maximum Gasteiger partial charge on any atom is 0.311 e. The van der Waals surface area contributed by atoms with Gasteiger partial charge in [0.15, 0.2) is 5.75 Å². The Morgan fingerprint density at radius 3 is 2.71 bits per heavy atom. The van der Waals surface area contributed by atoms with Crippen LogP contribution in [0.1, 0.15) is 30.6 Å². The number of carbonyl (C=O) groups is 1. The number of nitro groups is 1. The molecule has 0 aliphatic carbocycles. The van der Waals surface area contributed by atoms with Crippen molar-refractivity contribution < 1.29 is 14.5 Å². The lowest BCUT2D eigenvalue weighted by molar-refractivity contribution is -0.385. The van der Waals surface area contributed by atoms with Crippen LogP contribution in [-0.4, -0.2) is 37.1 Å². The normalized spacial score (nSPS) is 10.2. The van der Waals surface area contributed by atoms with Gasteiger partial charge in [0.25, 0.3) is 5.91 Å². The average molecular weight is 295 g/mol. The van der Waals surface area contributed by atoms with E-state index in [1.54, 1.807) is 6.92 Å². The molecule has 0 saturated carbocycles. The lowest BCUT2D eigenvalue weighted by Crippen LogP contribution is -2.23. The Morgan fingerprint density at radius 2 is 2.10 bits per heavy atom. The van der Waals surface area contributed by atoms with Gasteiger partial charge in [0.05, 0.1) is 4.92 Å². The Labute approximate surface area is 123 Å². The van der Waals surface area contributed by atoms with Gasteiger partial charge in [0.1, 0.15) is 6.61 Å². The van der Waals surface area contributed by atoms with Crippen molar-refractivity contribution in [1.29, 1.82) is 0 Å². The van der Waals surface area contributed by atoms with Crippen molar-refractivity contribution in [3.8, 4) is 5.75 Å². The summed E-state index contributed by atoms with van der Waals surface area (Å²) in [5.74, 6) is -0.164. The van der Waals surface area contributed by atoms with E-state index in [4.69, 9.17) is 4.74 Å². The van der Waals surface area contributed by atoms with Crippen LogP contribution in [0.4, 0.5) is 5.69 Å². The lowest BCUT2D eigenvalue weighted by atomic mass is 10.1. The minimum absolute atomic E-state index is 0.173. The van der Waals surface area contributed by atoms with E-state index >= 15 is 0 Å². The van der Waals surface area contributed by atoms with E-state index in [1.165, 1.54) is 18.2 Å². The van der Waals surface area contributed by atoms with Crippen LogP contribution in [0.5, 0.6) is 5.75 Å². The predicted molar refractivity (Wildman–Crippen MR) is 79.8 cm³/mol. The summed E-state index contributed by atoms with van der Waals surface area (Å²) in [5, 5.41) is 16.8. The summed E-state index contributed by atoms with van der Waals surface area (Å²) in [4.78, 5) is 22.2. The van der Waals surface area contributed by atoms with Crippen molar-refractivity contribution in [2.45, 2.75) is 20.3 Å². The van der Waals surface area contributed by atoms with Crippen molar-refractivity contribution in [3.63, 3.8) is 0 Å². The highest BCUT2D eigenvalue weighted by Gasteiger charge is 2.18. The summed E-state index contributed by atoms with van der Waals surface area (Å²) in [6, 6.07) is 4.22. The average Bonchev–Trinajstić information content (AvgIpc) is 2.47. The third kappa shape index (κ3) is 5.39. The molecule has 0 bridgehead atoms. The molecule has 21 heavy (non-hydrogen) atoms. The molecule has 0 saturated heterocycles. The number of nitrogens with one attached hydrogen (secondary N) is 2. The fraction of sp³-hybridized carbons (Fsp3) is 0.500. The first kappa shape index (κ1) is 16.9. The van der Waals surface area contributed by atoms with E-state index in [0.29, 0.717) is 19.7 Å². The largest absolute Gasteiger partial charge is 0.485 e. The summed E-state index contributed by atoms with van der Waals surface area (Å²) in [7, 11) is 0. The number of hydrogen-bond acceptors (Lipinski definition) is 5. The molecule has 0 radical (unpaired) electrons. The molecule has 0 spiro atoms. The minimum Gasteiger partial charge on any atom is -0.485 e. The smallest absolute Gasteiger partial charge is 0.311 e. The van der Waals surface area contributed by atoms with Crippen LogP contribution in [0.15, 0.2) is 18.2 Å². The van der Waals surface area contributed by atoms with Crippen LogP contribution in [0.25, 0.3) is 0 Å². The maximum absolute atomic E-state index is 11.7. The molecule has 1 aromatic carbocycles. The lowest BCUT2D eigenvalue weighted by Gasteiger charge is -2.09. The Bertz CT molecular complexity index is 491. The number of amides is 1. The first-order valence-electron chi connectivity index (χ1n) is 7.00. The van der Waals surface area contributed by atoms with E-state index in [1.807, 2.05) is 0 Å². The molecule has 1 rings (SSSR count). The first-order valence-corrected chi connectivity index (χ1v) is 7.00. The Hall–Kier alpha value is -2.15. The molecule has 0 atom stereocenters. The quantitative estimate of drug-likeness (QED) is 0.411. The van der Waals surface area contributed by atoms with Gasteiger partial charge in [-0.3, -0.25) is 14.9 Å². The molecule has 1 aromatic rings. The summed E-state index contributed by atoms with van der Waals surface area (Å²) in [5.41, 5.74) is 0.0502. The molecule has 0 unspecified atom stereocenters. The number of nitrogens with zero attached hydrogens (tertiary/aromatic N) is 1. The molecule has 1 amide bonds. The van der Waals surface area contributed by atoms with Crippen LogP contribution in [0.3, 0.4) is 0 Å². The maximum atomic E-state index is 11.7. The zero-order chi connectivity index (χ0) is 15.7. The molecular weight excluding hydrogens is 274 g/mol. The highest BCUT2D eigenvalue weighted by atomic mass is 16.6. The van der Waals surface area contributed by atoms with Crippen molar-refractivity contribution in [1.82, 2.24) is 10.6 Å². The molecule has 116 valence electrons. The number of hydrogen-bond donors (Lipinski definition) is 2. The Morgan fingerprint density at radius 1 is 1.33 bits per heavy atom. The van der Waals surface area contributed by atoms with E-state index in [2.05, 4.69) is 17.6 Å². The van der Waals surface area contributed by atoms with Gasteiger partial charge in [0, 0.05) is 24.7 Å². The van der Waals surface area contributed by atoms with E-state index < -0.39 is 4.92 Å². The monoisotopic (exact) mass is 295 g/mol. The van der Waals surface area contributed by atoms with Crippen molar-refractivity contribution in [2.24, 2.45) is 0 Å². The minimum atomic E-state index is -0.544. The molecule has 0 fully saturated rings. The number of carbonyl (C=O) groups excluding carboxylic acids is 1. The fourth-order valence-electron chi connectivity index (χ4n) is 1.72. The van der Waals surface area contributed by atoms with Gasteiger partial charge in [0.2, 0.25) is 0 Å². The van der Waals surface area contributed by atoms with Crippen LogP contribution in [-0.2, 0) is 0 Å². The zero-order valence-electron chi connectivity index (χ0n) is 12.3. The number of rotatable bonds is 9. The van der Waals surface area contributed by atoms with Crippen molar-refractivity contribution in [3.05, 3.63) is 33.9 Å². The number of benzene rings is 1. The van der Waals surface area contributed by atoms with Crippen LogP contribution >= 0.6 is 0 Å². The molecule has 7 heteroatoms. The second-order valence-corrected chi connectivity index (χ2v) is 4.40. The topological polar surface area (TPSA) is 93.5 Å². The van der Waals surface area contributed by atoms with Crippen LogP contribution in [0.2, 0.25) is 0 Å². The van der Waals surface area contributed by atoms with Gasteiger partial charge < -0.3 is 15.4 Å². The summed E-state index contributed by atoms with van der Waals surface area (Å²) in [6.45, 7) is 6.13. The zero-order valence-corrected chi connectivity index (χ0v) is 12.3. The van der Waals surface area contributed by atoms with Gasteiger partial charge in [-0.05, 0) is 32.0 Å². The molecule has 0 heterocycles. The number of nitro benzene ring substituents is 1. The summed E-state index contributed by atoms with van der Waals surface area (Å²) < 4.78 is 5.40. The molecule has 0 aliphatic heterocycles. The molecular formula is C14H21N3O4. The molecule has 7 nitrogen and oxygen atoms in total. The fourth-order valence-corrected chi connectivity index (χ4v) is 1.72. The van der Waals surface area contributed by atoms with Crippen molar-refractivity contribution >= 4 is 11.6 Å². The predicted octanol–water partition coefficient (Wildman–Crippen LogP) is 1.72. The van der Waals surface area contributed by atoms with Gasteiger partial charge in [-0.25, -0.2) is 0 Å². The third-order valence-corrected chi connectivity index (χ3v) is 2.72. The van der Waals surface area contributed by atoms with E-state index in [0.717, 1.165) is 13.0 Å². The van der Waals surface area contributed by atoms with Crippen LogP contribution in [0, 0.1) is 10.1 Å². The van der Waals surface area contributed by atoms with Gasteiger partial charge in [-0.2, -0.15) is 0 Å². The van der Waals surface area contributed by atoms with E-state index in [9.17, 15) is 14.9 Å². The van der Waals surface area contributed by atoms with Crippen molar-refractivity contribution in [2.75, 3.05) is 26.2 Å². The highest BCUT2D eigenvalue weighted by Crippen LogP contribution is 2.27. The SMILES string of the molecule is CCCNCCOc1ccc(C(=O)NCC)cc1[N+](=O)[O-]. The van der Waals surface area contributed by atoms with Gasteiger partial charge >= 0.3 is 5.69 Å². The molecule has 2 N–H and O–H groups in total.